The summed E-state index contributed by atoms with van der Waals surface area (Å²) in [6.45, 7) is 4.59. The number of nitrogens with zero attached hydrogens (tertiary/aromatic N) is 1. The third-order valence-electron chi connectivity index (χ3n) is 3.07. The highest BCUT2D eigenvalue weighted by Gasteiger charge is 2.48. The molecule has 0 radical (unpaired) electrons. The maximum atomic E-state index is 11.5. The molecule has 2 rings (SSSR count). The number of imide groups is 1. The SMILES string of the molecule is CC1(C)C(=O)NC(=O)[C@@H]2CCCN21. The second-order valence-electron chi connectivity index (χ2n) is 4.23. The highest BCUT2D eigenvalue weighted by molar-refractivity contribution is 6.04. The Morgan fingerprint density at radius 2 is 2.15 bits per heavy atom. The third kappa shape index (κ3) is 1.09. The number of piperazine rings is 1. The molecule has 4 nitrogen and oxygen atoms in total. The van der Waals surface area contributed by atoms with E-state index in [0.29, 0.717) is 0 Å². The molecular weight excluding hydrogens is 168 g/mol. The molecule has 0 aromatic heterocycles. The van der Waals surface area contributed by atoms with Crippen molar-refractivity contribution in [3.8, 4) is 0 Å². The molecule has 2 saturated heterocycles. The van der Waals surface area contributed by atoms with Crippen LogP contribution in [-0.4, -0.2) is 34.8 Å². The van der Waals surface area contributed by atoms with E-state index in [0.717, 1.165) is 19.4 Å². The first-order valence-electron chi connectivity index (χ1n) is 4.65. The van der Waals surface area contributed by atoms with Gasteiger partial charge in [0.05, 0.1) is 11.6 Å². The smallest absolute Gasteiger partial charge is 0.246 e. The summed E-state index contributed by atoms with van der Waals surface area (Å²) in [5.74, 6) is -0.294. The van der Waals surface area contributed by atoms with E-state index in [1.807, 2.05) is 18.7 Å². The number of hydrogen-bond donors (Lipinski definition) is 1. The Balaban J connectivity index is 2.33. The molecule has 0 bridgehead atoms. The lowest BCUT2D eigenvalue weighted by Crippen LogP contribution is -2.66. The molecule has 4 heteroatoms. The molecule has 13 heavy (non-hydrogen) atoms. The minimum atomic E-state index is -0.519. The van der Waals surface area contributed by atoms with Gasteiger partial charge in [-0.1, -0.05) is 0 Å². The zero-order chi connectivity index (χ0) is 9.64. The number of carbonyl (C=O) groups is 2. The van der Waals surface area contributed by atoms with Gasteiger partial charge in [0, 0.05) is 6.54 Å². The summed E-state index contributed by atoms with van der Waals surface area (Å²) in [7, 11) is 0. The molecule has 0 aromatic carbocycles. The summed E-state index contributed by atoms with van der Waals surface area (Å²) < 4.78 is 0. The van der Waals surface area contributed by atoms with Crippen molar-refractivity contribution in [3.05, 3.63) is 0 Å². The Kier molecular flexibility index (Phi) is 1.70. The number of carbonyl (C=O) groups excluding carboxylic acids is 2. The van der Waals surface area contributed by atoms with Crippen LogP contribution in [0.1, 0.15) is 26.7 Å². The van der Waals surface area contributed by atoms with Gasteiger partial charge in [-0.15, -0.1) is 0 Å². The van der Waals surface area contributed by atoms with E-state index in [-0.39, 0.29) is 17.9 Å². The summed E-state index contributed by atoms with van der Waals surface area (Å²) in [6, 6.07) is -0.0762. The average Bonchev–Trinajstić information content (AvgIpc) is 2.49. The van der Waals surface area contributed by atoms with Crippen LogP contribution >= 0.6 is 0 Å². The lowest BCUT2D eigenvalue weighted by Gasteiger charge is -2.41. The van der Waals surface area contributed by atoms with E-state index in [9.17, 15) is 9.59 Å². The van der Waals surface area contributed by atoms with Crippen LogP contribution in [-0.2, 0) is 9.59 Å². The standard InChI is InChI=1S/C9H14N2O2/c1-9(2)8(13)10-7(12)6-4-3-5-11(6)9/h6H,3-5H2,1-2H3,(H,10,12,13)/t6-/m0/s1. The van der Waals surface area contributed by atoms with E-state index in [1.54, 1.807) is 0 Å². The van der Waals surface area contributed by atoms with E-state index in [1.165, 1.54) is 0 Å². The van der Waals surface area contributed by atoms with Gasteiger partial charge >= 0.3 is 0 Å². The Morgan fingerprint density at radius 3 is 2.85 bits per heavy atom. The van der Waals surface area contributed by atoms with Crippen molar-refractivity contribution < 1.29 is 9.59 Å². The van der Waals surface area contributed by atoms with Crippen molar-refractivity contribution in [2.75, 3.05) is 6.54 Å². The minimum absolute atomic E-state index is 0.0762. The predicted molar refractivity (Wildman–Crippen MR) is 47.0 cm³/mol. The van der Waals surface area contributed by atoms with Crippen LogP contribution in [0.3, 0.4) is 0 Å². The van der Waals surface area contributed by atoms with Gasteiger partial charge in [-0.25, -0.2) is 0 Å². The zero-order valence-corrected chi connectivity index (χ0v) is 7.96. The molecule has 0 aliphatic carbocycles. The monoisotopic (exact) mass is 182 g/mol. The van der Waals surface area contributed by atoms with E-state index < -0.39 is 5.54 Å². The normalized spacial score (nSPS) is 32.9. The molecule has 1 atom stereocenters. The van der Waals surface area contributed by atoms with Crippen LogP contribution in [0.15, 0.2) is 0 Å². The highest BCUT2D eigenvalue weighted by Crippen LogP contribution is 2.29. The van der Waals surface area contributed by atoms with E-state index in [4.69, 9.17) is 0 Å². The molecule has 2 amide bonds. The second kappa shape index (κ2) is 2.54. The molecule has 0 saturated carbocycles. The fourth-order valence-corrected chi connectivity index (χ4v) is 2.19. The highest BCUT2D eigenvalue weighted by atomic mass is 16.2. The minimum Gasteiger partial charge on any atom is -0.293 e. The van der Waals surface area contributed by atoms with Gasteiger partial charge in [-0.3, -0.25) is 19.8 Å². The third-order valence-corrected chi connectivity index (χ3v) is 3.07. The fourth-order valence-electron chi connectivity index (χ4n) is 2.19. The van der Waals surface area contributed by atoms with Crippen LogP contribution in [0.5, 0.6) is 0 Å². The van der Waals surface area contributed by atoms with Gasteiger partial charge < -0.3 is 0 Å². The molecule has 2 heterocycles. The Bertz CT molecular complexity index is 273. The largest absolute Gasteiger partial charge is 0.293 e. The van der Waals surface area contributed by atoms with Crippen LogP contribution in [0.4, 0.5) is 0 Å². The summed E-state index contributed by atoms with van der Waals surface area (Å²) in [5, 5.41) is 2.42. The maximum Gasteiger partial charge on any atom is 0.246 e. The van der Waals surface area contributed by atoms with Gasteiger partial charge in [0.25, 0.3) is 0 Å². The van der Waals surface area contributed by atoms with E-state index >= 15 is 0 Å². The van der Waals surface area contributed by atoms with E-state index in [2.05, 4.69) is 5.32 Å². The van der Waals surface area contributed by atoms with Gasteiger partial charge in [-0.05, 0) is 26.7 Å². The summed E-state index contributed by atoms with van der Waals surface area (Å²) >= 11 is 0. The first kappa shape index (κ1) is 8.69. The molecule has 0 unspecified atom stereocenters. The molecule has 0 spiro atoms. The molecular formula is C9H14N2O2. The van der Waals surface area contributed by atoms with Gasteiger partial charge in [0.2, 0.25) is 11.8 Å². The average molecular weight is 182 g/mol. The van der Waals surface area contributed by atoms with Crippen molar-refractivity contribution in [3.63, 3.8) is 0 Å². The molecule has 0 aromatic rings. The molecule has 1 N–H and O–H groups in total. The summed E-state index contributed by atoms with van der Waals surface area (Å²) in [5.41, 5.74) is -0.519. The molecule has 2 aliphatic rings. The Labute approximate surface area is 77.3 Å². The molecule has 2 fully saturated rings. The molecule has 2 aliphatic heterocycles. The van der Waals surface area contributed by atoms with Gasteiger partial charge in [-0.2, -0.15) is 0 Å². The summed E-state index contributed by atoms with van der Waals surface area (Å²) in [6.07, 6.45) is 1.89. The first-order valence-corrected chi connectivity index (χ1v) is 4.65. The van der Waals surface area contributed by atoms with Crippen LogP contribution < -0.4 is 5.32 Å². The maximum absolute atomic E-state index is 11.5. The van der Waals surface area contributed by atoms with Gasteiger partial charge in [0.15, 0.2) is 0 Å². The van der Waals surface area contributed by atoms with Crippen molar-refractivity contribution in [1.29, 1.82) is 0 Å². The van der Waals surface area contributed by atoms with Crippen molar-refractivity contribution in [1.82, 2.24) is 10.2 Å². The number of rotatable bonds is 0. The van der Waals surface area contributed by atoms with Crippen LogP contribution in [0.25, 0.3) is 0 Å². The van der Waals surface area contributed by atoms with Crippen molar-refractivity contribution >= 4 is 11.8 Å². The zero-order valence-electron chi connectivity index (χ0n) is 7.96. The van der Waals surface area contributed by atoms with Crippen LogP contribution in [0.2, 0.25) is 0 Å². The van der Waals surface area contributed by atoms with Gasteiger partial charge in [0.1, 0.15) is 0 Å². The Hall–Kier alpha value is -0.900. The summed E-state index contributed by atoms with van der Waals surface area (Å²) in [4.78, 5) is 24.9. The van der Waals surface area contributed by atoms with Crippen LogP contribution in [0, 0.1) is 0 Å². The Morgan fingerprint density at radius 1 is 1.46 bits per heavy atom. The number of fused-ring (bicyclic) bond motifs is 1. The lowest BCUT2D eigenvalue weighted by molar-refractivity contribution is -0.148. The fraction of sp³-hybridized carbons (Fsp3) is 0.778. The number of amides is 2. The number of hydrogen-bond acceptors (Lipinski definition) is 3. The van der Waals surface area contributed by atoms with Crippen molar-refractivity contribution in [2.24, 2.45) is 0 Å². The lowest BCUT2D eigenvalue weighted by atomic mass is 9.96. The predicted octanol–water partition coefficient (Wildman–Crippen LogP) is -0.114. The first-order chi connectivity index (χ1) is 6.03. The van der Waals surface area contributed by atoms with Crippen molar-refractivity contribution in [2.45, 2.75) is 38.3 Å². The topological polar surface area (TPSA) is 49.4 Å². The quantitative estimate of drug-likeness (QED) is 0.532. The second-order valence-corrected chi connectivity index (χ2v) is 4.23. The molecule has 72 valence electrons. The number of nitrogens with one attached hydrogen (secondary N) is 1.